The summed E-state index contributed by atoms with van der Waals surface area (Å²) in [4.78, 5) is 39.9. The van der Waals surface area contributed by atoms with Crippen molar-refractivity contribution in [2.75, 3.05) is 19.6 Å². The highest BCUT2D eigenvalue weighted by atomic mass is 16.4. The molecule has 1 N–H and O–H groups in total. The second-order valence-corrected chi connectivity index (χ2v) is 7.78. The van der Waals surface area contributed by atoms with Crippen LogP contribution in [0.5, 0.6) is 0 Å². The minimum atomic E-state index is -0.849. The highest BCUT2D eigenvalue weighted by Gasteiger charge is 2.39. The van der Waals surface area contributed by atoms with E-state index in [-0.39, 0.29) is 36.6 Å². The first kappa shape index (κ1) is 18.4. The van der Waals surface area contributed by atoms with E-state index in [1.165, 1.54) is 5.56 Å². The summed E-state index contributed by atoms with van der Waals surface area (Å²) >= 11 is 0. The number of aliphatic carboxylic acids is 1. The first-order chi connectivity index (χ1) is 12.3. The zero-order chi connectivity index (χ0) is 18.8. The van der Waals surface area contributed by atoms with Crippen LogP contribution in [0.15, 0.2) is 24.3 Å². The van der Waals surface area contributed by atoms with Gasteiger partial charge in [-0.2, -0.15) is 0 Å². The van der Waals surface area contributed by atoms with Gasteiger partial charge in [-0.1, -0.05) is 36.8 Å². The Hall–Kier alpha value is -2.37. The summed E-state index contributed by atoms with van der Waals surface area (Å²) in [5.41, 5.74) is 2.22. The van der Waals surface area contributed by atoms with E-state index in [1.807, 2.05) is 38.1 Å². The van der Waals surface area contributed by atoms with Crippen molar-refractivity contribution in [1.29, 1.82) is 0 Å². The summed E-state index contributed by atoms with van der Waals surface area (Å²) < 4.78 is 0. The summed E-state index contributed by atoms with van der Waals surface area (Å²) in [6.45, 7) is 5.74. The number of hydrogen-bond acceptors (Lipinski definition) is 3. The van der Waals surface area contributed by atoms with Gasteiger partial charge in [-0.15, -0.1) is 0 Å². The summed E-state index contributed by atoms with van der Waals surface area (Å²) in [6, 6.07) is 8.03. The number of likely N-dealkylation sites (tertiary alicyclic amines) is 2. The molecule has 2 aliphatic rings. The molecule has 0 spiro atoms. The van der Waals surface area contributed by atoms with Crippen LogP contribution < -0.4 is 0 Å². The smallest absolute Gasteiger partial charge is 0.308 e. The van der Waals surface area contributed by atoms with Crippen molar-refractivity contribution in [3.63, 3.8) is 0 Å². The number of piperidine rings is 1. The molecule has 0 aromatic heterocycles. The quantitative estimate of drug-likeness (QED) is 0.892. The molecule has 0 bridgehead atoms. The third-order valence-electron chi connectivity index (χ3n) is 5.38. The van der Waals surface area contributed by atoms with Crippen molar-refractivity contribution in [2.24, 2.45) is 17.8 Å². The summed E-state index contributed by atoms with van der Waals surface area (Å²) in [6.07, 6.45) is 0.815. The Labute approximate surface area is 153 Å². The highest BCUT2D eigenvalue weighted by Crippen LogP contribution is 2.27. The molecule has 6 heteroatoms. The molecule has 3 unspecified atom stereocenters. The number of carbonyl (C=O) groups excluding carboxylic acids is 2. The van der Waals surface area contributed by atoms with E-state index in [1.54, 1.807) is 9.80 Å². The Morgan fingerprint density at radius 1 is 1.12 bits per heavy atom. The highest BCUT2D eigenvalue weighted by molar-refractivity contribution is 5.89. The van der Waals surface area contributed by atoms with Gasteiger partial charge in [0.1, 0.15) is 0 Å². The van der Waals surface area contributed by atoms with Gasteiger partial charge in [0, 0.05) is 32.6 Å². The SMILES string of the molecule is Cc1ccc(CN2CC(C(=O)N3CC(C)CC(C(=O)O)C3)CC2=O)cc1. The van der Waals surface area contributed by atoms with E-state index in [9.17, 15) is 19.5 Å². The standard InChI is InChI=1S/C20H26N2O4/c1-13-3-5-15(6-4-13)10-21-11-16(8-18(21)23)19(24)22-9-14(2)7-17(12-22)20(25)26/h3-6,14,16-17H,7-12H2,1-2H3,(H,25,26). The van der Waals surface area contributed by atoms with Gasteiger partial charge in [0.25, 0.3) is 0 Å². The van der Waals surface area contributed by atoms with Crippen LogP contribution in [0.4, 0.5) is 0 Å². The minimum Gasteiger partial charge on any atom is -0.481 e. The predicted molar refractivity (Wildman–Crippen MR) is 96.2 cm³/mol. The van der Waals surface area contributed by atoms with Crippen LogP contribution in [-0.4, -0.2) is 52.3 Å². The van der Waals surface area contributed by atoms with Crippen LogP contribution in [0, 0.1) is 24.7 Å². The average Bonchev–Trinajstić information content (AvgIpc) is 2.96. The van der Waals surface area contributed by atoms with Crippen LogP contribution in [0.1, 0.15) is 30.9 Å². The monoisotopic (exact) mass is 358 g/mol. The summed E-state index contributed by atoms with van der Waals surface area (Å²) in [7, 11) is 0. The maximum Gasteiger partial charge on any atom is 0.308 e. The van der Waals surface area contributed by atoms with E-state index < -0.39 is 11.9 Å². The van der Waals surface area contributed by atoms with Gasteiger partial charge >= 0.3 is 5.97 Å². The number of carboxylic acid groups (broad SMARTS) is 1. The second-order valence-electron chi connectivity index (χ2n) is 7.78. The molecule has 2 aliphatic heterocycles. The van der Waals surface area contributed by atoms with E-state index in [4.69, 9.17) is 0 Å². The largest absolute Gasteiger partial charge is 0.481 e. The van der Waals surface area contributed by atoms with Gasteiger partial charge in [-0.25, -0.2) is 0 Å². The fourth-order valence-corrected chi connectivity index (χ4v) is 3.97. The fourth-order valence-electron chi connectivity index (χ4n) is 3.97. The third kappa shape index (κ3) is 4.06. The average molecular weight is 358 g/mol. The van der Waals surface area contributed by atoms with Gasteiger partial charge in [0.05, 0.1) is 11.8 Å². The maximum atomic E-state index is 12.9. The fraction of sp³-hybridized carbons (Fsp3) is 0.550. The van der Waals surface area contributed by atoms with Gasteiger partial charge in [-0.3, -0.25) is 14.4 Å². The molecular formula is C20H26N2O4. The first-order valence-electron chi connectivity index (χ1n) is 9.18. The van der Waals surface area contributed by atoms with Crippen LogP contribution in [0.3, 0.4) is 0 Å². The number of benzene rings is 1. The number of rotatable bonds is 4. The zero-order valence-electron chi connectivity index (χ0n) is 15.4. The first-order valence-corrected chi connectivity index (χ1v) is 9.18. The lowest BCUT2D eigenvalue weighted by molar-refractivity contribution is -0.148. The van der Waals surface area contributed by atoms with Crippen molar-refractivity contribution in [3.8, 4) is 0 Å². The second kappa shape index (κ2) is 7.48. The predicted octanol–water partition coefficient (Wildman–Crippen LogP) is 1.91. The summed E-state index contributed by atoms with van der Waals surface area (Å²) in [5, 5.41) is 9.29. The Kier molecular flexibility index (Phi) is 5.30. The number of hydrogen-bond donors (Lipinski definition) is 1. The van der Waals surface area contributed by atoms with Crippen molar-refractivity contribution in [3.05, 3.63) is 35.4 Å². The molecule has 2 amide bonds. The lowest BCUT2D eigenvalue weighted by atomic mass is 9.89. The van der Waals surface area contributed by atoms with Crippen LogP contribution >= 0.6 is 0 Å². The van der Waals surface area contributed by atoms with Crippen LogP contribution in [0.2, 0.25) is 0 Å². The van der Waals surface area contributed by atoms with Crippen LogP contribution in [-0.2, 0) is 20.9 Å². The normalized spacial score (nSPS) is 26.2. The van der Waals surface area contributed by atoms with E-state index in [0.29, 0.717) is 26.1 Å². The van der Waals surface area contributed by atoms with E-state index >= 15 is 0 Å². The molecular weight excluding hydrogens is 332 g/mol. The molecule has 2 fully saturated rings. The topological polar surface area (TPSA) is 77.9 Å². The van der Waals surface area contributed by atoms with E-state index in [0.717, 1.165) is 5.56 Å². The van der Waals surface area contributed by atoms with Gasteiger partial charge in [0.2, 0.25) is 11.8 Å². The maximum absolute atomic E-state index is 12.9. The Morgan fingerprint density at radius 3 is 2.46 bits per heavy atom. The molecule has 0 aliphatic carbocycles. The minimum absolute atomic E-state index is 0.0104. The number of nitrogens with zero attached hydrogens (tertiary/aromatic N) is 2. The van der Waals surface area contributed by atoms with Gasteiger partial charge < -0.3 is 14.9 Å². The third-order valence-corrected chi connectivity index (χ3v) is 5.38. The van der Waals surface area contributed by atoms with Gasteiger partial charge in [-0.05, 0) is 24.8 Å². The van der Waals surface area contributed by atoms with E-state index in [2.05, 4.69) is 0 Å². The van der Waals surface area contributed by atoms with Crippen molar-refractivity contribution >= 4 is 17.8 Å². The van der Waals surface area contributed by atoms with Crippen molar-refractivity contribution in [2.45, 2.75) is 33.2 Å². The Balaban J connectivity index is 1.63. The van der Waals surface area contributed by atoms with Crippen molar-refractivity contribution in [1.82, 2.24) is 9.80 Å². The van der Waals surface area contributed by atoms with Gasteiger partial charge in [0.15, 0.2) is 0 Å². The molecule has 1 aromatic carbocycles. The number of aryl methyl sites for hydroxylation is 1. The lowest BCUT2D eigenvalue weighted by Crippen LogP contribution is -2.48. The van der Waals surface area contributed by atoms with Crippen molar-refractivity contribution < 1.29 is 19.5 Å². The number of amides is 2. The lowest BCUT2D eigenvalue weighted by Gasteiger charge is -2.36. The molecule has 3 atom stereocenters. The van der Waals surface area contributed by atoms with Crippen LogP contribution in [0.25, 0.3) is 0 Å². The molecule has 1 aromatic rings. The zero-order valence-corrected chi connectivity index (χ0v) is 15.4. The molecule has 2 saturated heterocycles. The molecule has 26 heavy (non-hydrogen) atoms. The molecule has 0 saturated carbocycles. The molecule has 2 heterocycles. The molecule has 0 radical (unpaired) electrons. The number of carboxylic acids is 1. The summed E-state index contributed by atoms with van der Waals surface area (Å²) in [5.74, 6) is -1.66. The number of carbonyl (C=O) groups is 3. The molecule has 3 rings (SSSR count). The Morgan fingerprint density at radius 2 is 1.81 bits per heavy atom. The Bertz CT molecular complexity index is 700. The molecule has 140 valence electrons. The molecule has 6 nitrogen and oxygen atoms in total.